The Hall–Kier alpha value is -3.00. The van der Waals surface area contributed by atoms with Crippen molar-refractivity contribution in [2.75, 3.05) is 19.0 Å². The van der Waals surface area contributed by atoms with E-state index in [1.807, 2.05) is 0 Å². The van der Waals surface area contributed by atoms with Gasteiger partial charge in [-0.3, -0.25) is 14.4 Å². The first kappa shape index (κ1) is 19.8. The van der Waals surface area contributed by atoms with Crippen molar-refractivity contribution >= 4 is 39.9 Å². The first-order valence-electron chi connectivity index (χ1n) is 8.72. The molecule has 1 aliphatic heterocycles. The van der Waals surface area contributed by atoms with Gasteiger partial charge in [-0.2, -0.15) is 0 Å². The predicted molar refractivity (Wildman–Crippen MR) is 105 cm³/mol. The molecule has 8 heteroatoms. The Balaban J connectivity index is 1.90. The number of thiophene rings is 1. The summed E-state index contributed by atoms with van der Waals surface area (Å²) in [5.74, 6) is -1.02. The molecular formula is C20H20N2O5S. The second kappa shape index (κ2) is 7.93. The summed E-state index contributed by atoms with van der Waals surface area (Å²) in [7, 11) is 1.29. The maximum absolute atomic E-state index is 12.6. The topological polar surface area (TPSA) is 92.8 Å². The number of ketones is 1. The van der Waals surface area contributed by atoms with E-state index in [-0.39, 0.29) is 17.6 Å². The van der Waals surface area contributed by atoms with Gasteiger partial charge in [0.25, 0.3) is 5.91 Å². The lowest BCUT2D eigenvalue weighted by molar-refractivity contribution is -0.129. The molecule has 0 spiro atoms. The zero-order chi connectivity index (χ0) is 20.4. The molecule has 28 heavy (non-hydrogen) atoms. The number of amides is 2. The number of hydrogen-bond donors (Lipinski definition) is 1. The monoisotopic (exact) mass is 400 g/mol. The minimum atomic E-state index is -0.518. The zero-order valence-electron chi connectivity index (χ0n) is 15.8. The van der Waals surface area contributed by atoms with Crippen LogP contribution in [0.25, 0.3) is 0 Å². The van der Waals surface area contributed by atoms with Gasteiger partial charge in [0, 0.05) is 29.5 Å². The van der Waals surface area contributed by atoms with E-state index in [2.05, 4.69) is 5.32 Å². The number of carbonyl (C=O) groups excluding carboxylic acids is 4. The highest BCUT2D eigenvalue weighted by Crippen LogP contribution is 2.37. The fourth-order valence-electron chi connectivity index (χ4n) is 3.11. The van der Waals surface area contributed by atoms with E-state index in [1.54, 1.807) is 29.2 Å². The number of carbonyl (C=O) groups is 4. The molecule has 7 nitrogen and oxygen atoms in total. The van der Waals surface area contributed by atoms with Crippen LogP contribution in [0.15, 0.2) is 24.3 Å². The molecule has 0 saturated carbocycles. The fraction of sp³-hybridized carbons (Fsp3) is 0.300. The van der Waals surface area contributed by atoms with Crippen molar-refractivity contribution in [2.24, 2.45) is 0 Å². The SMILES string of the molecule is COC(=O)c1c(NC(=O)c2ccc(C(C)=O)cc2)sc2c1CCN(C(C)=O)C2. The highest BCUT2D eigenvalue weighted by Gasteiger charge is 2.30. The van der Waals surface area contributed by atoms with Gasteiger partial charge in [0.05, 0.1) is 19.2 Å². The van der Waals surface area contributed by atoms with Gasteiger partial charge >= 0.3 is 5.97 Å². The lowest BCUT2D eigenvalue weighted by Crippen LogP contribution is -2.33. The summed E-state index contributed by atoms with van der Waals surface area (Å²) >= 11 is 1.28. The predicted octanol–water partition coefficient (Wildman–Crippen LogP) is 2.89. The van der Waals surface area contributed by atoms with E-state index >= 15 is 0 Å². The summed E-state index contributed by atoms with van der Waals surface area (Å²) < 4.78 is 4.90. The van der Waals surface area contributed by atoms with Gasteiger partial charge in [-0.1, -0.05) is 12.1 Å². The highest BCUT2D eigenvalue weighted by atomic mass is 32.1. The molecule has 0 unspecified atom stereocenters. The van der Waals surface area contributed by atoms with Crippen LogP contribution in [-0.4, -0.2) is 42.1 Å². The third-order valence-corrected chi connectivity index (χ3v) is 5.80. The quantitative estimate of drug-likeness (QED) is 0.629. The van der Waals surface area contributed by atoms with Crippen LogP contribution in [-0.2, 0) is 22.5 Å². The standard InChI is InChI=1S/C20H20N2O5S/c1-11(23)13-4-6-14(7-5-13)18(25)21-19-17(20(26)27-3)15-8-9-22(12(2)24)10-16(15)28-19/h4-7H,8-10H2,1-3H3,(H,21,25). The normalized spacial score (nSPS) is 12.9. The number of methoxy groups -OCH3 is 1. The maximum Gasteiger partial charge on any atom is 0.341 e. The molecule has 2 heterocycles. The van der Waals surface area contributed by atoms with Gasteiger partial charge in [-0.25, -0.2) is 4.79 Å². The first-order valence-corrected chi connectivity index (χ1v) is 9.54. The van der Waals surface area contributed by atoms with Crippen molar-refractivity contribution in [3.05, 3.63) is 51.4 Å². The van der Waals surface area contributed by atoms with E-state index in [1.165, 1.54) is 32.3 Å². The molecule has 1 aliphatic rings. The smallest absolute Gasteiger partial charge is 0.341 e. The Morgan fingerprint density at radius 1 is 1.07 bits per heavy atom. The fourth-order valence-corrected chi connectivity index (χ4v) is 4.36. The molecule has 3 rings (SSSR count). The molecule has 1 aromatic heterocycles. The van der Waals surface area contributed by atoms with Crippen LogP contribution >= 0.6 is 11.3 Å². The molecule has 1 aromatic carbocycles. The number of benzene rings is 1. The Labute approximate surface area is 166 Å². The van der Waals surface area contributed by atoms with E-state index in [0.717, 1.165) is 10.4 Å². The molecule has 0 aliphatic carbocycles. The Bertz CT molecular complexity index is 962. The molecule has 146 valence electrons. The number of Topliss-reactive ketones (excluding diaryl/α,β-unsaturated/α-hetero) is 1. The summed E-state index contributed by atoms with van der Waals surface area (Å²) in [5, 5.41) is 3.19. The summed E-state index contributed by atoms with van der Waals surface area (Å²) in [6.45, 7) is 3.89. The van der Waals surface area contributed by atoms with Crippen LogP contribution in [0.3, 0.4) is 0 Å². The van der Waals surface area contributed by atoms with Gasteiger partial charge in [0.1, 0.15) is 5.00 Å². The van der Waals surface area contributed by atoms with Gasteiger partial charge < -0.3 is 15.0 Å². The Morgan fingerprint density at radius 3 is 2.29 bits per heavy atom. The number of rotatable bonds is 4. The number of anilines is 1. The van der Waals surface area contributed by atoms with Gasteiger partial charge in [0.15, 0.2) is 5.78 Å². The average molecular weight is 400 g/mol. The molecular weight excluding hydrogens is 380 g/mol. The van der Waals surface area contributed by atoms with Gasteiger partial charge in [0.2, 0.25) is 5.91 Å². The molecule has 0 saturated heterocycles. The number of fused-ring (bicyclic) bond motifs is 1. The number of ether oxygens (including phenoxy) is 1. The van der Waals surface area contributed by atoms with Crippen LogP contribution in [0.4, 0.5) is 5.00 Å². The zero-order valence-corrected chi connectivity index (χ0v) is 16.6. The Morgan fingerprint density at radius 2 is 1.71 bits per heavy atom. The second-order valence-electron chi connectivity index (χ2n) is 6.48. The minimum absolute atomic E-state index is 0.0326. The van der Waals surface area contributed by atoms with Crippen molar-refractivity contribution in [2.45, 2.75) is 26.8 Å². The second-order valence-corrected chi connectivity index (χ2v) is 7.58. The van der Waals surface area contributed by atoms with Crippen molar-refractivity contribution in [1.82, 2.24) is 4.90 Å². The van der Waals surface area contributed by atoms with E-state index in [4.69, 9.17) is 4.74 Å². The van der Waals surface area contributed by atoms with Crippen LogP contribution in [0.2, 0.25) is 0 Å². The van der Waals surface area contributed by atoms with Gasteiger partial charge in [-0.05, 0) is 31.0 Å². The van der Waals surface area contributed by atoms with Crippen LogP contribution in [0.1, 0.15) is 55.4 Å². The van der Waals surface area contributed by atoms with Crippen LogP contribution in [0.5, 0.6) is 0 Å². The number of nitrogens with zero attached hydrogens (tertiary/aromatic N) is 1. The Kier molecular flexibility index (Phi) is 5.60. The largest absolute Gasteiger partial charge is 0.465 e. The third kappa shape index (κ3) is 3.82. The summed E-state index contributed by atoms with van der Waals surface area (Å²) in [5.41, 5.74) is 2.05. The van der Waals surface area contributed by atoms with Crippen LogP contribution < -0.4 is 5.32 Å². The summed E-state index contributed by atoms with van der Waals surface area (Å²) in [6, 6.07) is 6.30. The summed E-state index contributed by atoms with van der Waals surface area (Å²) in [4.78, 5) is 50.6. The number of hydrogen-bond acceptors (Lipinski definition) is 6. The molecule has 0 bridgehead atoms. The first-order chi connectivity index (χ1) is 13.3. The highest BCUT2D eigenvalue weighted by molar-refractivity contribution is 7.17. The molecule has 2 aromatic rings. The van der Waals surface area contributed by atoms with Crippen LogP contribution in [0, 0.1) is 0 Å². The van der Waals surface area contributed by atoms with Crippen molar-refractivity contribution in [3.63, 3.8) is 0 Å². The van der Waals surface area contributed by atoms with E-state index < -0.39 is 5.97 Å². The molecule has 1 N–H and O–H groups in total. The molecule has 0 fully saturated rings. The maximum atomic E-state index is 12.6. The molecule has 0 atom stereocenters. The molecule has 0 radical (unpaired) electrons. The van der Waals surface area contributed by atoms with Crippen molar-refractivity contribution < 1.29 is 23.9 Å². The lowest BCUT2D eigenvalue weighted by atomic mass is 10.0. The average Bonchev–Trinajstić information content (AvgIpc) is 3.04. The van der Waals surface area contributed by atoms with Crippen molar-refractivity contribution in [1.29, 1.82) is 0 Å². The summed E-state index contributed by atoms with van der Waals surface area (Å²) in [6.07, 6.45) is 0.527. The minimum Gasteiger partial charge on any atom is -0.465 e. The lowest BCUT2D eigenvalue weighted by Gasteiger charge is -2.25. The number of nitrogens with one attached hydrogen (secondary N) is 1. The van der Waals surface area contributed by atoms with E-state index in [9.17, 15) is 19.2 Å². The van der Waals surface area contributed by atoms with E-state index in [0.29, 0.717) is 41.2 Å². The van der Waals surface area contributed by atoms with Crippen molar-refractivity contribution in [3.8, 4) is 0 Å². The van der Waals surface area contributed by atoms with Gasteiger partial charge in [-0.15, -0.1) is 11.3 Å². The third-order valence-electron chi connectivity index (χ3n) is 4.67. The number of esters is 1. The molecule has 2 amide bonds.